The van der Waals surface area contributed by atoms with E-state index in [0.29, 0.717) is 30.8 Å². The lowest BCUT2D eigenvalue weighted by Gasteiger charge is -2.11. The van der Waals surface area contributed by atoms with Crippen molar-refractivity contribution in [3.63, 3.8) is 0 Å². The summed E-state index contributed by atoms with van der Waals surface area (Å²) in [6.07, 6.45) is 1.27. The number of hydrogen-bond acceptors (Lipinski definition) is 5. The Labute approximate surface area is 179 Å². The first-order chi connectivity index (χ1) is 12.2. The topological polar surface area (TPSA) is 91.1 Å². The van der Waals surface area contributed by atoms with Gasteiger partial charge in [0, 0.05) is 10.6 Å². The van der Waals surface area contributed by atoms with Gasteiger partial charge in [-0.2, -0.15) is 5.10 Å². The number of halogens is 4. The summed E-state index contributed by atoms with van der Waals surface area (Å²) in [5, 5.41) is 24.3. The van der Waals surface area contributed by atoms with Gasteiger partial charge in [0.1, 0.15) is 21.7 Å². The van der Waals surface area contributed by atoms with Gasteiger partial charge in [0.2, 0.25) is 0 Å². The number of phenolic OH excluding ortho intramolecular Hbond substituents is 2. The first-order valence-corrected chi connectivity index (χ1v) is 9.77. The number of rotatable bonds is 5. The minimum atomic E-state index is -0.489. The molecule has 3 N–H and O–H groups in total. The lowest BCUT2D eigenvalue weighted by molar-refractivity contribution is -0.123. The van der Waals surface area contributed by atoms with Crippen LogP contribution in [-0.4, -0.2) is 28.9 Å². The molecule has 2 aromatic rings. The summed E-state index contributed by atoms with van der Waals surface area (Å²) in [5.41, 5.74) is 3.19. The third-order valence-corrected chi connectivity index (χ3v) is 5.82. The van der Waals surface area contributed by atoms with E-state index in [9.17, 15) is 15.0 Å². The van der Waals surface area contributed by atoms with Gasteiger partial charge in [0.25, 0.3) is 5.91 Å². The van der Waals surface area contributed by atoms with Crippen molar-refractivity contribution in [1.82, 2.24) is 5.43 Å². The van der Waals surface area contributed by atoms with Crippen molar-refractivity contribution in [2.24, 2.45) is 5.10 Å². The van der Waals surface area contributed by atoms with E-state index in [1.165, 1.54) is 6.21 Å². The first-order valence-electron chi connectivity index (χ1n) is 7.01. The SMILES string of the molecule is Cc1c(Br)c(O)c(Br)c(O)c1/C=N/NC(=O)COc1ccc(Cl)cc1Br. The molecule has 2 aromatic carbocycles. The third-order valence-electron chi connectivity index (χ3n) is 3.25. The number of hydrogen-bond donors (Lipinski definition) is 3. The molecule has 10 heteroatoms. The number of benzene rings is 2. The maximum absolute atomic E-state index is 11.8. The Kier molecular flexibility index (Phi) is 7.33. The standard InChI is InChI=1S/C16H12Br3ClN2O4/c1-7-9(15(24)14(19)16(25)13(7)18)5-21-22-12(23)6-26-11-3-2-8(20)4-10(11)17/h2-5,24-25H,6H2,1H3,(H,22,23)/b21-5+. The first kappa shape index (κ1) is 21.0. The average molecular weight is 571 g/mol. The Morgan fingerprint density at radius 3 is 2.62 bits per heavy atom. The van der Waals surface area contributed by atoms with Crippen LogP contribution in [0, 0.1) is 6.92 Å². The number of nitrogens with one attached hydrogen (secondary N) is 1. The van der Waals surface area contributed by atoms with Gasteiger partial charge in [-0.3, -0.25) is 4.79 Å². The van der Waals surface area contributed by atoms with Crippen LogP contribution < -0.4 is 10.2 Å². The molecule has 0 aliphatic carbocycles. The second kappa shape index (κ2) is 9.07. The summed E-state index contributed by atoms with van der Waals surface area (Å²) < 4.78 is 6.53. The van der Waals surface area contributed by atoms with Crippen molar-refractivity contribution in [2.75, 3.05) is 6.61 Å². The Balaban J connectivity index is 2.01. The summed E-state index contributed by atoms with van der Waals surface area (Å²) in [7, 11) is 0. The fourth-order valence-corrected chi connectivity index (χ4v) is 3.78. The number of ether oxygens (including phenoxy) is 1. The Bertz CT molecular complexity index is 861. The number of nitrogens with zero attached hydrogens (tertiary/aromatic N) is 1. The van der Waals surface area contributed by atoms with E-state index in [4.69, 9.17) is 16.3 Å². The molecular formula is C16H12Br3ClN2O4. The molecule has 6 nitrogen and oxygen atoms in total. The molecule has 26 heavy (non-hydrogen) atoms. The Morgan fingerprint density at radius 2 is 1.96 bits per heavy atom. The van der Waals surface area contributed by atoms with E-state index in [-0.39, 0.29) is 22.6 Å². The van der Waals surface area contributed by atoms with Crippen molar-refractivity contribution in [3.8, 4) is 17.2 Å². The van der Waals surface area contributed by atoms with Crippen LogP contribution in [0.5, 0.6) is 17.2 Å². The number of amides is 1. The monoisotopic (exact) mass is 568 g/mol. The largest absolute Gasteiger partial charge is 0.506 e. The molecule has 1 amide bonds. The van der Waals surface area contributed by atoms with E-state index in [0.717, 1.165) is 0 Å². The van der Waals surface area contributed by atoms with Gasteiger partial charge < -0.3 is 14.9 Å². The van der Waals surface area contributed by atoms with Gasteiger partial charge in [-0.1, -0.05) is 11.6 Å². The van der Waals surface area contributed by atoms with E-state index in [1.54, 1.807) is 25.1 Å². The minimum absolute atomic E-state index is 0.122. The van der Waals surface area contributed by atoms with Crippen LogP contribution in [0.3, 0.4) is 0 Å². The fraction of sp³-hybridized carbons (Fsp3) is 0.125. The molecule has 0 unspecified atom stereocenters. The normalized spacial score (nSPS) is 11.0. The highest BCUT2D eigenvalue weighted by Crippen LogP contribution is 2.43. The van der Waals surface area contributed by atoms with Crippen LogP contribution in [0.4, 0.5) is 0 Å². The second-order valence-electron chi connectivity index (χ2n) is 5.02. The zero-order chi connectivity index (χ0) is 19.4. The third kappa shape index (κ3) is 4.91. The molecule has 0 aromatic heterocycles. The lowest BCUT2D eigenvalue weighted by atomic mass is 10.1. The molecule has 0 atom stereocenters. The van der Waals surface area contributed by atoms with E-state index < -0.39 is 5.91 Å². The van der Waals surface area contributed by atoms with Crippen LogP contribution in [-0.2, 0) is 4.79 Å². The highest BCUT2D eigenvalue weighted by Gasteiger charge is 2.17. The molecule has 0 spiro atoms. The highest BCUT2D eigenvalue weighted by atomic mass is 79.9. The average Bonchev–Trinajstić information content (AvgIpc) is 2.60. The van der Waals surface area contributed by atoms with Crippen LogP contribution in [0.2, 0.25) is 5.02 Å². The van der Waals surface area contributed by atoms with Gasteiger partial charge in [0.15, 0.2) is 6.61 Å². The number of carbonyl (C=O) groups excluding carboxylic acids is 1. The molecule has 138 valence electrons. The molecule has 2 rings (SSSR count). The van der Waals surface area contributed by atoms with Gasteiger partial charge in [-0.15, -0.1) is 0 Å². The van der Waals surface area contributed by atoms with Crippen LogP contribution in [0.15, 0.2) is 36.7 Å². The van der Waals surface area contributed by atoms with Gasteiger partial charge in [-0.25, -0.2) is 5.43 Å². The minimum Gasteiger partial charge on any atom is -0.506 e. The molecule has 0 heterocycles. The molecule has 0 radical (unpaired) electrons. The molecule has 0 fully saturated rings. The van der Waals surface area contributed by atoms with Crippen molar-refractivity contribution >= 4 is 71.5 Å². The highest BCUT2D eigenvalue weighted by molar-refractivity contribution is 9.11. The quantitative estimate of drug-likeness (QED) is 0.353. The second-order valence-corrected chi connectivity index (χ2v) is 7.90. The molecule has 0 aliphatic rings. The van der Waals surface area contributed by atoms with E-state index >= 15 is 0 Å². The van der Waals surface area contributed by atoms with Crippen molar-refractivity contribution in [1.29, 1.82) is 0 Å². The van der Waals surface area contributed by atoms with E-state index in [2.05, 4.69) is 58.3 Å². The van der Waals surface area contributed by atoms with Gasteiger partial charge in [-0.05, 0) is 78.5 Å². The Hall–Kier alpha value is -1.29. The van der Waals surface area contributed by atoms with E-state index in [1.807, 2.05) is 0 Å². The zero-order valence-corrected chi connectivity index (χ0v) is 18.7. The summed E-state index contributed by atoms with van der Waals surface area (Å²) >= 11 is 15.4. The molecule has 0 bridgehead atoms. The van der Waals surface area contributed by atoms with Crippen LogP contribution in [0.25, 0.3) is 0 Å². The van der Waals surface area contributed by atoms with Gasteiger partial charge >= 0.3 is 0 Å². The van der Waals surface area contributed by atoms with Crippen molar-refractivity contribution in [2.45, 2.75) is 6.92 Å². The summed E-state index contributed by atoms with van der Waals surface area (Å²) in [6.45, 7) is 1.42. The predicted octanol–water partition coefficient (Wildman–Crippen LogP) is 4.88. The lowest BCUT2D eigenvalue weighted by Crippen LogP contribution is -2.24. The van der Waals surface area contributed by atoms with Crippen molar-refractivity contribution in [3.05, 3.63) is 47.8 Å². The smallest absolute Gasteiger partial charge is 0.277 e. The summed E-state index contributed by atoms with van der Waals surface area (Å²) in [6, 6.07) is 4.93. The predicted molar refractivity (Wildman–Crippen MR) is 110 cm³/mol. The number of aromatic hydroxyl groups is 2. The fourth-order valence-electron chi connectivity index (χ4n) is 1.89. The number of hydrazone groups is 1. The van der Waals surface area contributed by atoms with Crippen LogP contribution >= 0.6 is 59.4 Å². The molecule has 0 saturated heterocycles. The zero-order valence-electron chi connectivity index (χ0n) is 13.2. The number of phenols is 2. The molecular weight excluding hydrogens is 559 g/mol. The molecule has 0 saturated carbocycles. The van der Waals surface area contributed by atoms with Crippen LogP contribution in [0.1, 0.15) is 11.1 Å². The van der Waals surface area contributed by atoms with Crippen molar-refractivity contribution < 1.29 is 19.7 Å². The Morgan fingerprint density at radius 1 is 1.27 bits per heavy atom. The maximum Gasteiger partial charge on any atom is 0.277 e. The molecule has 0 aliphatic heterocycles. The number of carbonyl (C=O) groups is 1. The van der Waals surface area contributed by atoms with Gasteiger partial charge in [0.05, 0.1) is 15.2 Å². The maximum atomic E-state index is 11.8. The summed E-state index contributed by atoms with van der Waals surface area (Å²) in [5.74, 6) is -0.337. The summed E-state index contributed by atoms with van der Waals surface area (Å²) in [4.78, 5) is 11.8.